The average molecular weight is 311 g/mol. The van der Waals surface area contributed by atoms with Gasteiger partial charge in [0.1, 0.15) is 5.75 Å². The molecule has 3 rings (SSSR count). The molecule has 1 aliphatic rings. The predicted molar refractivity (Wildman–Crippen MR) is 92.1 cm³/mol. The minimum absolute atomic E-state index is 0.0909. The quantitative estimate of drug-likeness (QED) is 0.910. The zero-order valence-electron chi connectivity index (χ0n) is 13.2. The van der Waals surface area contributed by atoms with Gasteiger partial charge in [-0.3, -0.25) is 0 Å². The molecule has 2 aromatic rings. The van der Waals surface area contributed by atoms with E-state index in [0.29, 0.717) is 18.0 Å². The summed E-state index contributed by atoms with van der Waals surface area (Å²) in [5, 5.41) is 6.39. The molecule has 2 N–H and O–H groups in total. The Morgan fingerprint density at radius 2 is 1.87 bits per heavy atom. The molecular formula is C18H21N3O2. The fraction of sp³-hybridized carbons (Fsp3) is 0.278. The van der Waals surface area contributed by atoms with Crippen molar-refractivity contribution < 1.29 is 9.53 Å². The van der Waals surface area contributed by atoms with Gasteiger partial charge in [-0.1, -0.05) is 30.3 Å². The molecule has 120 valence electrons. The van der Waals surface area contributed by atoms with Crippen LogP contribution in [0, 0.1) is 0 Å². The monoisotopic (exact) mass is 311 g/mol. The lowest BCUT2D eigenvalue weighted by molar-refractivity contribution is 0.222. The summed E-state index contributed by atoms with van der Waals surface area (Å²) in [6.07, 6.45) is 0.939. The van der Waals surface area contributed by atoms with E-state index in [4.69, 9.17) is 4.74 Å². The van der Waals surface area contributed by atoms with E-state index < -0.39 is 0 Å². The topological polar surface area (TPSA) is 53.6 Å². The maximum atomic E-state index is 12.4. The molecule has 23 heavy (non-hydrogen) atoms. The summed E-state index contributed by atoms with van der Waals surface area (Å²) in [5.41, 5.74) is 1.78. The molecule has 1 heterocycles. The molecule has 1 fully saturated rings. The molecule has 0 spiro atoms. The number of rotatable bonds is 4. The summed E-state index contributed by atoms with van der Waals surface area (Å²) in [6.45, 7) is 1.43. The Morgan fingerprint density at radius 3 is 2.65 bits per heavy atom. The summed E-state index contributed by atoms with van der Waals surface area (Å²) >= 11 is 0. The minimum Gasteiger partial charge on any atom is -0.495 e. The maximum absolute atomic E-state index is 12.4. The van der Waals surface area contributed by atoms with Gasteiger partial charge in [0, 0.05) is 24.8 Å². The van der Waals surface area contributed by atoms with Gasteiger partial charge in [0.2, 0.25) is 0 Å². The van der Waals surface area contributed by atoms with E-state index in [1.807, 2.05) is 59.5 Å². The molecule has 0 aromatic heterocycles. The Balaban J connectivity index is 1.57. The number of carbonyl (C=O) groups excluding carboxylic acids is 1. The normalized spacial score (nSPS) is 16.9. The van der Waals surface area contributed by atoms with E-state index in [1.165, 1.54) is 0 Å². The standard InChI is InChI=1S/C18H21N3O2/c1-23-17-10-6-5-9-16(17)20-18(22)21-12-11-15(13-21)19-14-7-3-2-4-8-14/h2-10,15,19H,11-13H2,1H3,(H,20,22)/t15-/m0/s1. The number of hydrogen-bond donors (Lipinski definition) is 2. The van der Waals surface area contributed by atoms with Crippen LogP contribution in [0.1, 0.15) is 6.42 Å². The fourth-order valence-corrected chi connectivity index (χ4v) is 2.77. The van der Waals surface area contributed by atoms with E-state index in [9.17, 15) is 4.79 Å². The number of nitrogens with zero attached hydrogens (tertiary/aromatic N) is 1. The van der Waals surface area contributed by atoms with Crippen LogP contribution in [-0.4, -0.2) is 37.2 Å². The van der Waals surface area contributed by atoms with Crippen molar-refractivity contribution in [3.8, 4) is 5.75 Å². The van der Waals surface area contributed by atoms with E-state index in [2.05, 4.69) is 10.6 Å². The molecular weight excluding hydrogens is 290 g/mol. The molecule has 0 radical (unpaired) electrons. The van der Waals surface area contributed by atoms with Crippen molar-refractivity contribution in [1.29, 1.82) is 0 Å². The number of hydrogen-bond acceptors (Lipinski definition) is 3. The zero-order valence-corrected chi connectivity index (χ0v) is 13.2. The highest BCUT2D eigenvalue weighted by Crippen LogP contribution is 2.24. The van der Waals surface area contributed by atoms with Crippen LogP contribution in [0.5, 0.6) is 5.75 Å². The number of nitrogens with one attached hydrogen (secondary N) is 2. The zero-order chi connectivity index (χ0) is 16.1. The average Bonchev–Trinajstić information content (AvgIpc) is 3.05. The second kappa shape index (κ2) is 7.05. The van der Waals surface area contributed by atoms with Crippen LogP contribution >= 0.6 is 0 Å². The van der Waals surface area contributed by atoms with Crippen LogP contribution in [0.4, 0.5) is 16.2 Å². The van der Waals surface area contributed by atoms with Gasteiger partial charge in [0.15, 0.2) is 0 Å². The summed E-state index contributed by atoms with van der Waals surface area (Å²) in [6, 6.07) is 17.7. The van der Waals surface area contributed by atoms with Crippen LogP contribution in [0.15, 0.2) is 54.6 Å². The Labute approximate surface area is 136 Å². The Kier molecular flexibility index (Phi) is 4.66. The molecule has 5 heteroatoms. The van der Waals surface area contributed by atoms with Crippen molar-refractivity contribution in [3.63, 3.8) is 0 Å². The van der Waals surface area contributed by atoms with Gasteiger partial charge in [0.25, 0.3) is 0 Å². The number of amides is 2. The number of methoxy groups -OCH3 is 1. The molecule has 0 unspecified atom stereocenters. The number of likely N-dealkylation sites (tertiary alicyclic amines) is 1. The van der Waals surface area contributed by atoms with Crippen molar-refractivity contribution in [2.75, 3.05) is 30.8 Å². The van der Waals surface area contributed by atoms with Crippen LogP contribution in [-0.2, 0) is 0 Å². The molecule has 0 bridgehead atoms. The second-order valence-electron chi connectivity index (χ2n) is 5.57. The third kappa shape index (κ3) is 3.74. The van der Waals surface area contributed by atoms with Crippen LogP contribution in [0.3, 0.4) is 0 Å². The van der Waals surface area contributed by atoms with Gasteiger partial charge >= 0.3 is 6.03 Å². The largest absolute Gasteiger partial charge is 0.495 e. The highest BCUT2D eigenvalue weighted by atomic mass is 16.5. The first-order chi connectivity index (χ1) is 11.3. The smallest absolute Gasteiger partial charge is 0.322 e. The predicted octanol–water partition coefficient (Wildman–Crippen LogP) is 3.41. The van der Waals surface area contributed by atoms with Crippen molar-refractivity contribution >= 4 is 17.4 Å². The summed E-state index contributed by atoms with van der Waals surface area (Å²) < 4.78 is 5.26. The second-order valence-corrected chi connectivity index (χ2v) is 5.57. The molecule has 1 saturated heterocycles. The molecule has 5 nitrogen and oxygen atoms in total. The minimum atomic E-state index is -0.0909. The number of carbonyl (C=O) groups is 1. The van der Waals surface area contributed by atoms with E-state index in [0.717, 1.165) is 18.7 Å². The molecule has 0 saturated carbocycles. The van der Waals surface area contributed by atoms with Crippen molar-refractivity contribution in [2.45, 2.75) is 12.5 Å². The molecule has 1 atom stereocenters. The van der Waals surface area contributed by atoms with Crippen molar-refractivity contribution in [3.05, 3.63) is 54.6 Å². The summed E-state index contributed by atoms with van der Waals surface area (Å²) in [4.78, 5) is 14.2. The summed E-state index contributed by atoms with van der Waals surface area (Å²) in [7, 11) is 1.60. The third-order valence-corrected chi connectivity index (χ3v) is 3.97. The molecule has 2 aromatic carbocycles. The van der Waals surface area contributed by atoms with Gasteiger partial charge in [-0.25, -0.2) is 4.79 Å². The van der Waals surface area contributed by atoms with Gasteiger partial charge in [-0.2, -0.15) is 0 Å². The lowest BCUT2D eigenvalue weighted by Crippen LogP contribution is -2.35. The Morgan fingerprint density at radius 1 is 1.13 bits per heavy atom. The molecule has 0 aliphatic carbocycles. The van der Waals surface area contributed by atoms with Gasteiger partial charge in [-0.15, -0.1) is 0 Å². The lowest BCUT2D eigenvalue weighted by Gasteiger charge is -2.19. The Bertz CT molecular complexity index is 660. The Hall–Kier alpha value is -2.69. The van der Waals surface area contributed by atoms with E-state index in [-0.39, 0.29) is 12.1 Å². The van der Waals surface area contributed by atoms with Crippen molar-refractivity contribution in [1.82, 2.24) is 4.90 Å². The first kappa shape index (κ1) is 15.2. The summed E-state index contributed by atoms with van der Waals surface area (Å²) in [5.74, 6) is 0.666. The van der Waals surface area contributed by atoms with Crippen molar-refractivity contribution in [2.24, 2.45) is 0 Å². The van der Waals surface area contributed by atoms with E-state index in [1.54, 1.807) is 7.11 Å². The maximum Gasteiger partial charge on any atom is 0.322 e. The third-order valence-electron chi connectivity index (χ3n) is 3.97. The van der Waals surface area contributed by atoms with Crippen LogP contribution < -0.4 is 15.4 Å². The van der Waals surface area contributed by atoms with Gasteiger partial charge in [0.05, 0.1) is 12.8 Å². The number of ether oxygens (including phenoxy) is 1. The van der Waals surface area contributed by atoms with Crippen LogP contribution in [0.25, 0.3) is 0 Å². The fourth-order valence-electron chi connectivity index (χ4n) is 2.77. The SMILES string of the molecule is COc1ccccc1NC(=O)N1CC[C@H](Nc2ccccc2)C1. The number of benzene rings is 2. The molecule has 1 aliphatic heterocycles. The van der Waals surface area contributed by atoms with Gasteiger partial charge < -0.3 is 20.3 Å². The lowest BCUT2D eigenvalue weighted by atomic mass is 10.2. The first-order valence-corrected chi connectivity index (χ1v) is 7.77. The highest BCUT2D eigenvalue weighted by molar-refractivity contribution is 5.91. The number of anilines is 2. The number of para-hydroxylation sites is 3. The number of urea groups is 1. The van der Waals surface area contributed by atoms with E-state index >= 15 is 0 Å². The highest BCUT2D eigenvalue weighted by Gasteiger charge is 2.26. The first-order valence-electron chi connectivity index (χ1n) is 7.77. The van der Waals surface area contributed by atoms with Crippen LogP contribution in [0.2, 0.25) is 0 Å². The van der Waals surface area contributed by atoms with Gasteiger partial charge in [-0.05, 0) is 30.7 Å². The molecule has 2 amide bonds.